The molecular formula is C20H19NO5S. The maximum atomic E-state index is 12.9. The average Bonchev–Trinajstić information content (AvgIpc) is 3.34. The highest BCUT2D eigenvalue weighted by molar-refractivity contribution is 7.10. The summed E-state index contributed by atoms with van der Waals surface area (Å²) in [7, 11) is 0. The standard InChI is InChI=1S/C20H19NO5S/c1-11(2)8-13(22)17-18(16-4-3-7-27-16)21(20(24)19(17)23)12-5-6-14-15(9-12)26-10-25-14/h3-7,9,11,18,23H,8,10H2,1-2H3. The second kappa shape index (κ2) is 6.74. The van der Waals surface area contributed by atoms with E-state index in [1.165, 1.54) is 16.2 Å². The van der Waals surface area contributed by atoms with Crippen LogP contribution in [0.4, 0.5) is 5.69 Å². The molecule has 7 heteroatoms. The number of anilines is 1. The summed E-state index contributed by atoms with van der Waals surface area (Å²) in [5, 5.41) is 12.4. The Balaban J connectivity index is 1.80. The highest BCUT2D eigenvalue weighted by atomic mass is 32.1. The van der Waals surface area contributed by atoms with E-state index in [2.05, 4.69) is 0 Å². The van der Waals surface area contributed by atoms with Crippen LogP contribution in [0.5, 0.6) is 11.5 Å². The first-order valence-corrected chi connectivity index (χ1v) is 9.58. The van der Waals surface area contributed by atoms with Gasteiger partial charge in [0.1, 0.15) is 6.04 Å². The molecule has 6 nitrogen and oxygen atoms in total. The monoisotopic (exact) mass is 385 g/mol. The highest BCUT2D eigenvalue weighted by Crippen LogP contribution is 2.45. The number of carbonyl (C=O) groups excluding carboxylic acids is 2. The number of hydrogen-bond acceptors (Lipinski definition) is 6. The first kappa shape index (κ1) is 17.6. The van der Waals surface area contributed by atoms with Crippen LogP contribution in [-0.4, -0.2) is 23.6 Å². The molecule has 0 saturated heterocycles. The Morgan fingerprint density at radius 1 is 1.30 bits per heavy atom. The third-order valence-electron chi connectivity index (χ3n) is 4.55. The van der Waals surface area contributed by atoms with Crippen LogP contribution in [0.25, 0.3) is 0 Å². The second-order valence-corrected chi connectivity index (χ2v) is 7.89. The third kappa shape index (κ3) is 2.98. The van der Waals surface area contributed by atoms with E-state index in [9.17, 15) is 14.7 Å². The van der Waals surface area contributed by atoms with E-state index in [0.717, 1.165) is 4.88 Å². The van der Waals surface area contributed by atoms with Gasteiger partial charge in [0.15, 0.2) is 23.0 Å². The third-order valence-corrected chi connectivity index (χ3v) is 5.47. The molecule has 27 heavy (non-hydrogen) atoms. The summed E-state index contributed by atoms with van der Waals surface area (Å²) in [5.74, 6) is -0.0110. The van der Waals surface area contributed by atoms with Crippen molar-refractivity contribution in [1.82, 2.24) is 0 Å². The molecule has 2 aliphatic rings. The molecular weight excluding hydrogens is 366 g/mol. The van der Waals surface area contributed by atoms with Crippen LogP contribution in [0.3, 0.4) is 0 Å². The van der Waals surface area contributed by atoms with Gasteiger partial charge in [0, 0.05) is 23.1 Å². The van der Waals surface area contributed by atoms with E-state index in [0.29, 0.717) is 17.2 Å². The van der Waals surface area contributed by atoms with Crippen LogP contribution in [0.2, 0.25) is 0 Å². The van der Waals surface area contributed by atoms with Gasteiger partial charge in [-0.25, -0.2) is 0 Å². The van der Waals surface area contributed by atoms with Crippen molar-refractivity contribution < 1.29 is 24.2 Å². The average molecular weight is 385 g/mol. The first-order chi connectivity index (χ1) is 13.0. The predicted octanol–water partition coefficient (Wildman–Crippen LogP) is 3.99. The van der Waals surface area contributed by atoms with Crippen LogP contribution >= 0.6 is 11.3 Å². The number of Topliss-reactive ketones (excluding diaryl/α,β-unsaturated/α-hetero) is 1. The van der Waals surface area contributed by atoms with Gasteiger partial charge in [-0.1, -0.05) is 19.9 Å². The van der Waals surface area contributed by atoms with Gasteiger partial charge in [0.25, 0.3) is 5.91 Å². The summed E-state index contributed by atoms with van der Waals surface area (Å²) in [6.45, 7) is 3.99. The van der Waals surface area contributed by atoms with Crippen molar-refractivity contribution in [3.05, 3.63) is 51.9 Å². The number of rotatable bonds is 5. The molecule has 0 radical (unpaired) electrons. The summed E-state index contributed by atoms with van der Waals surface area (Å²) in [6.07, 6.45) is 0.267. The Morgan fingerprint density at radius 3 is 2.78 bits per heavy atom. The zero-order chi connectivity index (χ0) is 19.1. The maximum Gasteiger partial charge on any atom is 0.294 e. The van der Waals surface area contributed by atoms with E-state index in [-0.39, 0.29) is 30.5 Å². The van der Waals surface area contributed by atoms with Crippen molar-refractivity contribution in [2.75, 3.05) is 11.7 Å². The van der Waals surface area contributed by atoms with Crippen LogP contribution in [0.15, 0.2) is 47.0 Å². The number of benzene rings is 1. The zero-order valence-corrected chi connectivity index (χ0v) is 15.8. The number of carbonyl (C=O) groups is 2. The second-order valence-electron chi connectivity index (χ2n) is 6.91. The predicted molar refractivity (Wildman–Crippen MR) is 101 cm³/mol. The van der Waals surface area contributed by atoms with Gasteiger partial charge in [-0.15, -0.1) is 11.3 Å². The summed E-state index contributed by atoms with van der Waals surface area (Å²) in [5.41, 5.74) is 0.704. The molecule has 0 aliphatic carbocycles. The molecule has 1 aromatic heterocycles. The zero-order valence-electron chi connectivity index (χ0n) is 15.0. The Labute approximate surface area is 160 Å². The molecule has 0 spiro atoms. The van der Waals surface area contributed by atoms with Crippen molar-refractivity contribution in [3.63, 3.8) is 0 Å². The molecule has 4 rings (SSSR count). The molecule has 1 atom stereocenters. The normalized spacial score (nSPS) is 18.7. The Morgan fingerprint density at radius 2 is 2.07 bits per heavy atom. The number of ether oxygens (including phenoxy) is 2. The quantitative estimate of drug-likeness (QED) is 0.842. The SMILES string of the molecule is CC(C)CC(=O)C1=C(O)C(=O)N(c2ccc3c(c2)OCO3)C1c1cccs1. The van der Waals surface area contributed by atoms with Gasteiger partial charge in [-0.3, -0.25) is 14.5 Å². The number of amides is 1. The van der Waals surface area contributed by atoms with Crippen LogP contribution in [0, 0.1) is 5.92 Å². The minimum Gasteiger partial charge on any atom is -0.503 e. The Kier molecular flexibility index (Phi) is 4.39. The summed E-state index contributed by atoms with van der Waals surface area (Å²) in [4.78, 5) is 28.0. The molecule has 3 heterocycles. The number of nitrogens with zero attached hydrogens (tertiary/aromatic N) is 1. The highest BCUT2D eigenvalue weighted by Gasteiger charge is 2.45. The van der Waals surface area contributed by atoms with Gasteiger partial charge in [0.2, 0.25) is 6.79 Å². The molecule has 0 fully saturated rings. The summed E-state index contributed by atoms with van der Waals surface area (Å²) in [6, 6.07) is 8.23. The molecule has 0 saturated carbocycles. The fourth-order valence-electron chi connectivity index (χ4n) is 3.39. The number of aliphatic hydroxyl groups is 1. The van der Waals surface area contributed by atoms with Crippen LogP contribution in [-0.2, 0) is 9.59 Å². The Bertz CT molecular complexity index is 932. The number of fused-ring (bicyclic) bond motifs is 1. The maximum absolute atomic E-state index is 12.9. The van der Waals surface area contributed by atoms with E-state index in [1.54, 1.807) is 18.2 Å². The molecule has 2 aliphatic heterocycles. The molecule has 1 N–H and O–H groups in total. The number of ketones is 1. The molecule has 0 bridgehead atoms. The van der Waals surface area contributed by atoms with Crippen molar-refractivity contribution in [2.45, 2.75) is 26.3 Å². The lowest BCUT2D eigenvalue weighted by Crippen LogP contribution is -2.30. The fourth-order valence-corrected chi connectivity index (χ4v) is 4.21. The molecule has 2 aromatic rings. The largest absolute Gasteiger partial charge is 0.503 e. The lowest BCUT2D eigenvalue weighted by atomic mass is 9.95. The lowest BCUT2D eigenvalue weighted by molar-refractivity contribution is -0.118. The number of thiophene rings is 1. The van der Waals surface area contributed by atoms with Crippen molar-refractivity contribution in [3.8, 4) is 11.5 Å². The van der Waals surface area contributed by atoms with Crippen LogP contribution in [0.1, 0.15) is 31.2 Å². The van der Waals surface area contributed by atoms with Crippen molar-refractivity contribution >= 4 is 28.7 Å². The summed E-state index contributed by atoms with van der Waals surface area (Å²) < 4.78 is 10.7. The van der Waals surface area contributed by atoms with Gasteiger partial charge in [-0.2, -0.15) is 0 Å². The first-order valence-electron chi connectivity index (χ1n) is 8.70. The van der Waals surface area contributed by atoms with E-state index >= 15 is 0 Å². The minimum absolute atomic E-state index is 0.122. The molecule has 140 valence electrons. The smallest absolute Gasteiger partial charge is 0.294 e. The fraction of sp³-hybridized carbons (Fsp3) is 0.300. The van der Waals surface area contributed by atoms with E-state index < -0.39 is 17.7 Å². The molecule has 1 unspecified atom stereocenters. The van der Waals surface area contributed by atoms with Gasteiger partial charge < -0.3 is 14.6 Å². The van der Waals surface area contributed by atoms with Crippen molar-refractivity contribution in [1.29, 1.82) is 0 Å². The van der Waals surface area contributed by atoms with E-state index in [4.69, 9.17) is 9.47 Å². The van der Waals surface area contributed by atoms with E-state index in [1.807, 2.05) is 31.4 Å². The number of aliphatic hydroxyl groups excluding tert-OH is 1. The number of hydrogen-bond donors (Lipinski definition) is 1. The Hall–Kier alpha value is -2.80. The van der Waals surface area contributed by atoms with Gasteiger partial charge in [0.05, 0.1) is 5.57 Å². The van der Waals surface area contributed by atoms with Crippen LogP contribution < -0.4 is 14.4 Å². The van der Waals surface area contributed by atoms with Gasteiger partial charge >= 0.3 is 0 Å². The molecule has 1 aromatic carbocycles. The molecule has 1 amide bonds. The summed E-state index contributed by atoms with van der Waals surface area (Å²) >= 11 is 1.44. The minimum atomic E-state index is -0.649. The topological polar surface area (TPSA) is 76.1 Å². The lowest BCUT2D eigenvalue weighted by Gasteiger charge is -2.26. The van der Waals surface area contributed by atoms with Gasteiger partial charge in [-0.05, 0) is 29.5 Å². The van der Waals surface area contributed by atoms with Crippen molar-refractivity contribution in [2.24, 2.45) is 5.92 Å².